The van der Waals surface area contributed by atoms with Gasteiger partial charge in [0, 0.05) is 12.7 Å². The third-order valence-electron chi connectivity index (χ3n) is 6.10. The zero-order valence-electron chi connectivity index (χ0n) is 19.1. The molecule has 1 N–H and O–H groups in total. The first-order chi connectivity index (χ1) is 17.1. The third kappa shape index (κ3) is 4.82. The molecule has 178 valence electrons. The van der Waals surface area contributed by atoms with Crippen molar-refractivity contribution in [3.8, 4) is 0 Å². The highest BCUT2D eigenvalue weighted by Gasteiger charge is 2.40. The molecule has 2 aliphatic rings. The summed E-state index contributed by atoms with van der Waals surface area (Å²) >= 11 is 0. The maximum absolute atomic E-state index is 13.6. The van der Waals surface area contributed by atoms with Crippen molar-refractivity contribution in [1.29, 1.82) is 0 Å². The summed E-state index contributed by atoms with van der Waals surface area (Å²) in [4.78, 5) is 15.3. The van der Waals surface area contributed by atoms with E-state index in [0.29, 0.717) is 6.61 Å². The summed E-state index contributed by atoms with van der Waals surface area (Å²) in [7, 11) is 0. The first kappa shape index (κ1) is 22.8. The SMILES string of the molecule is O=C1/C2=C(\O)COC/C=C\N2N(C(c2ccccc2)c2ccccc2)CN1Cc1ccc(F)cc1. The van der Waals surface area contributed by atoms with Crippen LogP contribution in [0.15, 0.2) is 109 Å². The number of ether oxygens (including phenoxy) is 1. The fraction of sp³-hybridized carbons (Fsp3) is 0.179. The van der Waals surface area contributed by atoms with Gasteiger partial charge in [-0.2, -0.15) is 5.01 Å². The molecule has 2 aliphatic heterocycles. The van der Waals surface area contributed by atoms with E-state index < -0.39 is 0 Å². The average Bonchev–Trinajstić information content (AvgIpc) is 2.87. The van der Waals surface area contributed by atoms with Crippen molar-refractivity contribution in [2.75, 3.05) is 19.9 Å². The van der Waals surface area contributed by atoms with Gasteiger partial charge in [-0.25, -0.2) is 4.39 Å². The van der Waals surface area contributed by atoms with Crippen LogP contribution < -0.4 is 0 Å². The van der Waals surface area contributed by atoms with Crippen LogP contribution in [0.2, 0.25) is 0 Å². The summed E-state index contributed by atoms with van der Waals surface area (Å²) in [5.74, 6) is -0.784. The smallest absolute Gasteiger partial charge is 0.276 e. The molecule has 7 heteroatoms. The molecule has 0 bridgehead atoms. The zero-order chi connectivity index (χ0) is 24.2. The van der Waals surface area contributed by atoms with Crippen LogP contribution >= 0.6 is 0 Å². The number of amides is 1. The van der Waals surface area contributed by atoms with Crippen LogP contribution in [-0.4, -0.2) is 45.8 Å². The minimum absolute atomic E-state index is 0.0680. The van der Waals surface area contributed by atoms with Gasteiger partial charge in [0.05, 0.1) is 19.3 Å². The van der Waals surface area contributed by atoms with Gasteiger partial charge in [0.15, 0.2) is 5.70 Å². The predicted octanol–water partition coefficient (Wildman–Crippen LogP) is 4.75. The molecule has 3 aromatic carbocycles. The molecule has 1 fully saturated rings. The minimum atomic E-state index is -0.331. The second-order valence-electron chi connectivity index (χ2n) is 8.47. The van der Waals surface area contributed by atoms with Crippen molar-refractivity contribution in [3.05, 3.63) is 131 Å². The minimum Gasteiger partial charge on any atom is -0.507 e. The topological polar surface area (TPSA) is 56.3 Å². The number of fused-ring (bicyclic) bond motifs is 1. The van der Waals surface area contributed by atoms with Crippen LogP contribution in [0.1, 0.15) is 22.7 Å². The van der Waals surface area contributed by atoms with Crippen molar-refractivity contribution >= 4 is 5.91 Å². The Morgan fingerprint density at radius 3 is 2.17 bits per heavy atom. The summed E-state index contributed by atoms with van der Waals surface area (Å²) in [6, 6.07) is 26.0. The molecule has 2 heterocycles. The zero-order valence-corrected chi connectivity index (χ0v) is 19.1. The van der Waals surface area contributed by atoms with Crippen molar-refractivity contribution in [2.24, 2.45) is 0 Å². The second-order valence-corrected chi connectivity index (χ2v) is 8.47. The van der Waals surface area contributed by atoms with Gasteiger partial charge in [0.2, 0.25) is 0 Å². The summed E-state index contributed by atoms with van der Waals surface area (Å²) in [6.07, 6.45) is 3.60. The first-order valence-corrected chi connectivity index (χ1v) is 11.5. The van der Waals surface area contributed by atoms with Gasteiger partial charge in [-0.1, -0.05) is 72.8 Å². The van der Waals surface area contributed by atoms with Gasteiger partial charge in [0.1, 0.15) is 18.2 Å². The molecular formula is C28H26FN3O3. The van der Waals surface area contributed by atoms with Crippen LogP contribution in [-0.2, 0) is 16.1 Å². The second kappa shape index (κ2) is 10.1. The number of hydrogen-bond donors (Lipinski definition) is 1. The van der Waals surface area contributed by atoms with Crippen LogP contribution in [0.3, 0.4) is 0 Å². The van der Waals surface area contributed by atoms with E-state index in [9.17, 15) is 14.3 Å². The summed E-state index contributed by atoms with van der Waals surface area (Å²) < 4.78 is 18.9. The maximum atomic E-state index is 13.6. The van der Waals surface area contributed by atoms with Gasteiger partial charge in [-0.05, 0) is 34.9 Å². The number of halogens is 1. The fourth-order valence-electron chi connectivity index (χ4n) is 4.48. The predicted molar refractivity (Wildman–Crippen MR) is 130 cm³/mol. The van der Waals surface area contributed by atoms with Gasteiger partial charge in [-0.3, -0.25) is 9.80 Å². The lowest BCUT2D eigenvalue weighted by atomic mass is 9.97. The lowest BCUT2D eigenvalue weighted by molar-refractivity contribution is -0.150. The Morgan fingerprint density at radius 2 is 1.54 bits per heavy atom. The van der Waals surface area contributed by atoms with E-state index in [1.807, 2.05) is 42.5 Å². The molecule has 0 unspecified atom stereocenters. The third-order valence-corrected chi connectivity index (χ3v) is 6.10. The molecule has 6 nitrogen and oxygen atoms in total. The van der Waals surface area contributed by atoms with Crippen molar-refractivity contribution in [3.63, 3.8) is 0 Å². The number of nitrogens with zero attached hydrogens (tertiary/aromatic N) is 3. The average molecular weight is 472 g/mol. The van der Waals surface area contributed by atoms with Gasteiger partial charge >= 0.3 is 0 Å². The Balaban J connectivity index is 1.62. The van der Waals surface area contributed by atoms with E-state index in [1.165, 1.54) is 12.1 Å². The number of rotatable bonds is 5. The van der Waals surface area contributed by atoms with Crippen molar-refractivity contribution < 1.29 is 19.0 Å². The Hall–Kier alpha value is -3.94. The summed E-state index contributed by atoms with van der Waals surface area (Å²) in [6.45, 7) is 0.770. The van der Waals surface area contributed by atoms with E-state index in [1.54, 1.807) is 28.2 Å². The van der Waals surface area contributed by atoms with Crippen LogP contribution in [0, 0.1) is 5.82 Å². The molecule has 5 rings (SSSR count). The van der Waals surface area contributed by atoms with Gasteiger partial charge in [-0.15, -0.1) is 0 Å². The largest absolute Gasteiger partial charge is 0.507 e. The number of carbonyl (C=O) groups is 1. The molecule has 1 saturated heterocycles. The molecule has 0 saturated carbocycles. The quantitative estimate of drug-likeness (QED) is 0.582. The van der Waals surface area contributed by atoms with E-state index in [0.717, 1.165) is 16.7 Å². The lowest BCUT2D eigenvalue weighted by Crippen LogP contribution is -2.57. The van der Waals surface area contributed by atoms with Gasteiger partial charge in [0.25, 0.3) is 5.91 Å². The number of aliphatic hydroxyl groups is 1. The van der Waals surface area contributed by atoms with E-state index in [4.69, 9.17) is 4.74 Å². The summed E-state index contributed by atoms with van der Waals surface area (Å²) in [5, 5.41) is 14.7. The lowest BCUT2D eigenvalue weighted by Gasteiger charge is -2.48. The number of benzene rings is 3. The maximum Gasteiger partial charge on any atom is 0.276 e. The molecule has 0 aromatic heterocycles. The van der Waals surface area contributed by atoms with Crippen LogP contribution in [0.5, 0.6) is 0 Å². The Labute approximate surface area is 203 Å². The monoisotopic (exact) mass is 471 g/mol. The Bertz CT molecular complexity index is 1190. The Morgan fingerprint density at radius 1 is 0.914 bits per heavy atom. The highest BCUT2D eigenvalue weighted by molar-refractivity contribution is 5.94. The molecule has 3 aromatic rings. The van der Waals surface area contributed by atoms with E-state index in [-0.39, 0.29) is 49.0 Å². The van der Waals surface area contributed by atoms with Crippen molar-refractivity contribution in [1.82, 2.24) is 14.9 Å². The number of aliphatic hydroxyl groups excluding tert-OH is 1. The fourth-order valence-corrected chi connectivity index (χ4v) is 4.48. The molecular weight excluding hydrogens is 445 g/mol. The Kier molecular flexibility index (Phi) is 6.61. The molecule has 1 amide bonds. The van der Waals surface area contributed by atoms with Crippen LogP contribution in [0.25, 0.3) is 0 Å². The van der Waals surface area contributed by atoms with Crippen molar-refractivity contribution in [2.45, 2.75) is 12.6 Å². The summed E-state index contributed by atoms with van der Waals surface area (Å²) in [5.41, 5.74) is 3.02. The van der Waals surface area contributed by atoms with Crippen LogP contribution in [0.4, 0.5) is 4.39 Å². The molecule has 35 heavy (non-hydrogen) atoms. The molecule has 0 radical (unpaired) electrons. The standard InChI is InChI=1S/C28H26FN3O3/c29-24-14-12-21(13-15-24)18-30-20-32(31-16-7-17-35-19-25(33)27(31)28(30)34)26(22-8-3-1-4-9-22)23-10-5-2-6-11-23/h1-16,26,33H,17-20H2/b16-7-,27-25+. The first-order valence-electron chi connectivity index (χ1n) is 11.5. The normalized spacial score (nSPS) is 19.9. The highest BCUT2D eigenvalue weighted by Crippen LogP contribution is 2.36. The number of hydrogen-bond acceptors (Lipinski definition) is 5. The molecule has 0 spiro atoms. The van der Waals surface area contributed by atoms with E-state index >= 15 is 0 Å². The molecule has 0 atom stereocenters. The van der Waals surface area contributed by atoms with Gasteiger partial charge < -0.3 is 14.7 Å². The number of hydrazine groups is 1. The van der Waals surface area contributed by atoms with E-state index in [2.05, 4.69) is 29.3 Å². The highest BCUT2D eigenvalue weighted by atomic mass is 19.1. The number of carbonyl (C=O) groups excluding carboxylic acids is 1. The molecule has 0 aliphatic carbocycles.